The lowest BCUT2D eigenvalue weighted by atomic mass is 10.0. The molecule has 6 heteroatoms. The fraction of sp³-hybridized carbons (Fsp3) is 0.588. The summed E-state index contributed by atoms with van der Waals surface area (Å²) in [6.07, 6.45) is 0. The summed E-state index contributed by atoms with van der Waals surface area (Å²) >= 11 is 0. The van der Waals surface area contributed by atoms with Crippen LogP contribution in [0.1, 0.15) is 36.7 Å². The van der Waals surface area contributed by atoms with Gasteiger partial charge in [0.05, 0.1) is 11.5 Å². The monoisotopic (exact) mass is 338 g/mol. The smallest absolute Gasteiger partial charge is 0.254 e. The number of amides is 1. The Bertz CT molecular complexity index is 669. The van der Waals surface area contributed by atoms with Crippen molar-refractivity contribution in [2.24, 2.45) is 5.92 Å². The fourth-order valence-corrected chi connectivity index (χ4v) is 3.72. The molecule has 23 heavy (non-hydrogen) atoms. The third kappa shape index (κ3) is 4.25. The fourth-order valence-electron chi connectivity index (χ4n) is 2.52. The number of carbonyl (C=O) groups is 1. The maximum Gasteiger partial charge on any atom is 0.254 e. The maximum atomic E-state index is 12.7. The first-order valence-corrected chi connectivity index (χ1v) is 9.89. The molecule has 1 amide bonds. The molecule has 0 saturated carbocycles. The molecule has 1 atom stereocenters. The molecule has 0 aromatic heterocycles. The molecular weight excluding hydrogens is 312 g/mol. The van der Waals surface area contributed by atoms with E-state index in [0.29, 0.717) is 17.5 Å². The lowest BCUT2D eigenvalue weighted by Crippen LogP contribution is -2.44. The Morgan fingerprint density at radius 3 is 2.35 bits per heavy atom. The van der Waals surface area contributed by atoms with E-state index in [1.54, 1.807) is 4.90 Å². The Hall–Kier alpha value is -1.56. The molecule has 1 aliphatic rings. The standard InChI is InChI=1S/C17H26N2O3S/c1-12(2)14(4)18-16-7-5-6-15(13(16)3)17(20)19-8-10-23(21,22)11-9-19/h5-7,12,14,18H,8-11H2,1-4H3. The number of nitrogens with one attached hydrogen (secondary N) is 1. The SMILES string of the molecule is Cc1c(NC(C)C(C)C)cccc1C(=O)N1CCS(=O)(=O)CC1. The van der Waals surface area contributed by atoms with Gasteiger partial charge in [-0.2, -0.15) is 0 Å². The second-order valence-corrected chi connectivity index (χ2v) is 8.90. The summed E-state index contributed by atoms with van der Waals surface area (Å²) in [5, 5.41) is 3.45. The molecule has 5 nitrogen and oxygen atoms in total. The molecule has 1 aromatic carbocycles. The maximum absolute atomic E-state index is 12.7. The van der Waals surface area contributed by atoms with Gasteiger partial charge in [-0.1, -0.05) is 19.9 Å². The van der Waals surface area contributed by atoms with Gasteiger partial charge in [0.2, 0.25) is 0 Å². The van der Waals surface area contributed by atoms with Crippen molar-refractivity contribution in [3.63, 3.8) is 0 Å². The lowest BCUT2D eigenvalue weighted by molar-refractivity contribution is 0.0769. The number of hydrogen-bond acceptors (Lipinski definition) is 4. The first-order valence-electron chi connectivity index (χ1n) is 8.07. The first kappa shape index (κ1) is 17.8. The summed E-state index contributed by atoms with van der Waals surface area (Å²) in [6.45, 7) is 8.91. The Labute approximate surface area is 139 Å². The van der Waals surface area contributed by atoms with Crippen molar-refractivity contribution in [1.29, 1.82) is 0 Å². The van der Waals surface area contributed by atoms with Crippen LogP contribution in [0, 0.1) is 12.8 Å². The van der Waals surface area contributed by atoms with E-state index < -0.39 is 9.84 Å². The molecule has 1 heterocycles. The second-order valence-electron chi connectivity index (χ2n) is 6.60. The van der Waals surface area contributed by atoms with Gasteiger partial charge in [-0.05, 0) is 37.5 Å². The van der Waals surface area contributed by atoms with Crippen LogP contribution in [0.25, 0.3) is 0 Å². The molecule has 1 aliphatic heterocycles. The van der Waals surface area contributed by atoms with Crippen LogP contribution < -0.4 is 5.32 Å². The molecule has 1 unspecified atom stereocenters. The topological polar surface area (TPSA) is 66.5 Å². The van der Waals surface area contributed by atoms with Crippen molar-refractivity contribution in [2.75, 3.05) is 29.9 Å². The van der Waals surface area contributed by atoms with E-state index >= 15 is 0 Å². The van der Waals surface area contributed by atoms with Gasteiger partial charge in [0.25, 0.3) is 5.91 Å². The van der Waals surface area contributed by atoms with Gasteiger partial charge in [0.15, 0.2) is 9.84 Å². The Morgan fingerprint density at radius 1 is 1.17 bits per heavy atom. The Balaban J connectivity index is 2.18. The van der Waals surface area contributed by atoms with E-state index in [9.17, 15) is 13.2 Å². The minimum Gasteiger partial charge on any atom is -0.382 e. The average Bonchev–Trinajstić information content (AvgIpc) is 2.48. The third-order valence-electron chi connectivity index (χ3n) is 4.58. The van der Waals surface area contributed by atoms with E-state index in [4.69, 9.17) is 0 Å². The van der Waals surface area contributed by atoms with Crippen LogP contribution in [0.5, 0.6) is 0 Å². The zero-order chi connectivity index (χ0) is 17.2. The van der Waals surface area contributed by atoms with Crippen molar-refractivity contribution in [3.05, 3.63) is 29.3 Å². The molecule has 0 spiro atoms. The van der Waals surface area contributed by atoms with Gasteiger partial charge in [-0.3, -0.25) is 4.79 Å². The van der Waals surface area contributed by atoms with Gasteiger partial charge in [-0.25, -0.2) is 8.42 Å². The van der Waals surface area contributed by atoms with Crippen LogP contribution in [-0.4, -0.2) is 49.9 Å². The van der Waals surface area contributed by atoms with Gasteiger partial charge in [-0.15, -0.1) is 0 Å². The highest BCUT2D eigenvalue weighted by Crippen LogP contribution is 2.23. The number of sulfone groups is 1. The van der Waals surface area contributed by atoms with E-state index in [1.165, 1.54) is 0 Å². The van der Waals surface area contributed by atoms with E-state index in [2.05, 4.69) is 26.1 Å². The van der Waals surface area contributed by atoms with Crippen molar-refractivity contribution < 1.29 is 13.2 Å². The highest BCUT2D eigenvalue weighted by molar-refractivity contribution is 7.91. The summed E-state index contributed by atoms with van der Waals surface area (Å²) in [4.78, 5) is 14.3. The number of carbonyl (C=O) groups excluding carboxylic acids is 1. The van der Waals surface area contributed by atoms with Crippen molar-refractivity contribution in [3.8, 4) is 0 Å². The Kier molecular flexibility index (Phi) is 5.34. The number of anilines is 1. The van der Waals surface area contributed by atoms with Crippen molar-refractivity contribution >= 4 is 21.4 Å². The van der Waals surface area contributed by atoms with Gasteiger partial charge in [0, 0.05) is 30.4 Å². The molecule has 1 saturated heterocycles. The summed E-state index contributed by atoms with van der Waals surface area (Å²) in [7, 11) is -2.98. The van der Waals surface area contributed by atoms with Gasteiger partial charge in [0.1, 0.15) is 0 Å². The third-order valence-corrected chi connectivity index (χ3v) is 6.19. The average molecular weight is 338 g/mol. The molecular formula is C17H26N2O3S. The summed E-state index contributed by atoms with van der Waals surface area (Å²) < 4.78 is 23.0. The van der Waals surface area contributed by atoms with E-state index in [1.807, 2.05) is 25.1 Å². The predicted octanol–water partition coefficient (Wildman–Crippen LogP) is 2.32. The summed E-state index contributed by atoms with van der Waals surface area (Å²) in [6, 6.07) is 5.97. The number of hydrogen-bond donors (Lipinski definition) is 1. The highest BCUT2D eigenvalue weighted by Gasteiger charge is 2.26. The molecule has 0 aliphatic carbocycles. The first-order chi connectivity index (χ1) is 10.7. The Morgan fingerprint density at radius 2 is 1.78 bits per heavy atom. The minimum atomic E-state index is -2.98. The van der Waals surface area contributed by atoms with Crippen LogP contribution in [-0.2, 0) is 9.84 Å². The van der Waals surface area contributed by atoms with Crippen LogP contribution in [0.4, 0.5) is 5.69 Å². The van der Waals surface area contributed by atoms with Crippen molar-refractivity contribution in [2.45, 2.75) is 33.7 Å². The van der Waals surface area contributed by atoms with Gasteiger partial charge < -0.3 is 10.2 Å². The van der Waals surface area contributed by atoms with Gasteiger partial charge >= 0.3 is 0 Å². The predicted molar refractivity (Wildman–Crippen MR) is 93.7 cm³/mol. The normalized spacial score (nSPS) is 18.7. The molecule has 1 aromatic rings. The van der Waals surface area contributed by atoms with Crippen LogP contribution >= 0.6 is 0 Å². The summed E-state index contributed by atoms with van der Waals surface area (Å²) in [5.74, 6) is 0.513. The number of nitrogens with zero attached hydrogens (tertiary/aromatic N) is 1. The van der Waals surface area contributed by atoms with Crippen LogP contribution in [0.15, 0.2) is 18.2 Å². The molecule has 1 N–H and O–H groups in total. The molecule has 1 fully saturated rings. The van der Waals surface area contributed by atoms with E-state index in [0.717, 1.165) is 11.3 Å². The minimum absolute atomic E-state index is 0.0557. The molecule has 2 rings (SSSR count). The van der Waals surface area contributed by atoms with Crippen LogP contribution in [0.3, 0.4) is 0 Å². The molecule has 128 valence electrons. The lowest BCUT2D eigenvalue weighted by Gasteiger charge is -2.28. The number of benzene rings is 1. The number of rotatable bonds is 4. The van der Waals surface area contributed by atoms with Crippen LogP contribution in [0.2, 0.25) is 0 Å². The molecule has 0 radical (unpaired) electrons. The zero-order valence-electron chi connectivity index (χ0n) is 14.3. The highest BCUT2D eigenvalue weighted by atomic mass is 32.2. The zero-order valence-corrected chi connectivity index (χ0v) is 15.1. The quantitative estimate of drug-likeness (QED) is 0.915. The van der Waals surface area contributed by atoms with Crippen molar-refractivity contribution in [1.82, 2.24) is 4.90 Å². The second kappa shape index (κ2) is 6.91. The largest absolute Gasteiger partial charge is 0.382 e. The molecule has 0 bridgehead atoms. The van der Waals surface area contributed by atoms with E-state index in [-0.39, 0.29) is 30.5 Å². The summed E-state index contributed by atoms with van der Waals surface area (Å²) in [5.41, 5.74) is 2.52.